The summed E-state index contributed by atoms with van der Waals surface area (Å²) in [6, 6.07) is 11.7. The first-order chi connectivity index (χ1) is 12.0. The van der Waals surface area contributed by atoms with E-state index in [1.165, 1.54) is 0 Å². The highest BCUT2D eigenvalue weighted by Crippen LogP contribution is 2.27. The van der Waals surface area contributed by atoms with Crippen LogP contribution in [0.3, 0.4) is 0 Å². The van der Waals surface area contributed by atoms with Gasteiger partial charge in [0.2, 0.25) is 5.91 Å². The van der Waals surface area contributed by atoms with E-state index in [1.807, 2.05) is 50.2 Å². The van der Waals surface area contributed by atoms with Crippen LogP contribution in [0.5, 0.6) is 0 Å². The van der Waals surface area contributed by atoms with Crippen molar-refractivity contribution in [3.8, 4) is 0 Å². The summed E-state index contributed by atoms with van der Waals surface area (Å²) in [6.45, 7) is 3.97. The Morgan fingerprint density at radius 2 is 2.04 bits per heavy atom. The molecule has 1 atom stereocenters. The number of nitrogens with one attached hydrogen (secondary N) is 3. The topological polar surface area (TPSA) is 74.0 Å². The smallest absolute Gasteiger partial charge is 0.253 e. The second-order valence-corrected chi connectivity index (χ2v) is 6.59. The molecule has 2 heterocycles. The van der Waals surface area contributed by atoms with Crippen LogP contribution in [-0.4, -0.2) is 16.8 Å². The van der Waals surface area contributed by atoms with Gasteiger partial charge in [0.1, 0.15) is 0 Å². The van der Waals surface area contributed by atoms with Crippen molar-refractivity contribution < 1.29 is 9.59 Å². The highest BCUT2D eigenvalue weighted by Gasteiger charge is 2.20. The SMILES string of the molecule is Cc1ccc2c(C(=O)NC(C)c3ccc4c(c3)CC(=O)N4)c[nH]c2c1. The number of hydrogen-bond acceptors (Lipinski definition) is 2. The zero-order valence-electron chi connectivity index (χ0n) is 14.1. The Morgan fingerprint density at radius 1 is 1.20 bits per heavy atom. The third-order valence-electron chi connectivity index (χ3n) is 4.68. The molecule has 1 aliphatic rings. The number of hydrogen-bond donors (Lipinski definition) is 3. The molecule has 3 aromatic rings. The van der Waals surface area contributed by atoms with Crippen LogP contribution >= 0.6 is 0 Å². The maximum Gasteiger partial charge on any atom is 0.253 e. The van der Waals surface area contributed by atoms with Crippen molar-refractivity contribution >= 4 is 28.4 Å². The van der Waals surface area contributed by atoms with Crippen molar-refractivity contribution in [2.45, 2.75) is 26.3 Å². The van der Waals surface area contributed by atoms with Crippen molar-refractivity contribution in [1.29, 1.82) is 0 Å². The molecule has 0 saturated carbocycles. The van der Waals surface area contributed by atoms with Crippen LogP contribution in [-0.2, 0) is 11.2 Å². The van der Waals surface area contributed by atoms with Crippen LogP contribution in [0.2, 0.25) is 0 Å². The Morgan fingerprint density at radius 3 is 2.88 bits per heavy atom. The van der Waals surface area contributed by atoms with E-state index >= 15 is 0 Å². The predicted molar refractivity (Wildman–Crippen MR) is 97.7 cm³/mol. The summed E-state index contributed by atoms with van der Waals surface area (Å²) in [7, 11) is 0. The summed E-state index contributed by atoms with van der Waals surface area (Å²) in [4.78, 5) is 27.3. The summed E-state index contributed by atoms with van der Waals surface area (Å²) >= 11 is 0. The highest BCUT2D eigenvalue weighted by atomic mass is 16.2. The summed E-state index contributed by atoms with van der Waals surface area (Å²) in [5, 5.41) is 6.78. The normalized spacial score (nSPS) is 14.2. The van der Waals surface area contributed by atoms with E-state index in [2.05, 4.69) is 15.6 Å². The highest BCUT2D eigenvalue weighted by molar-refractivity contribution is 6.07. The van der Waals surface area contributed by atoms with Gasteiger partial charge in [-0.3, -0.25) is 9.59 Å². The number of carbonyl (C=O) groups is 2. The lowest BCUT2D eigenvalue weighted by molar-refractivity contribution is -0.115. The molecule has 3 N–H and O–H groups in total. The molecule has 0 spiro atoms. The van der Waals surface area contributed by atoms with Gasteiger partial charge in [0.15, 0.2) is 0 Å². The minimum Gasteiger partial charge on any atom is -0.360 e. The molecule has 2 amide bonds. The molecular formula is C20H19N3O2. The second kappa shape index (κ2) is 5.77. The molecule has 1 unspecified atom stereocenters. The van der Waals surface area contributed by atoms with E-state index in [-0.39, 0.29) is 17.9 Å². The molecule has 0 radical (unpaired) electrons. The largest absolute Gasteiger partial charge is 0.360 e. The van der Waals surface area contributed by atoms with Crippen LogP contribution in [0.4, 0.5) is 5.69 Å². The molecule has 1 aliphatic heterocycles. The number of H-pyrrole nitrogens is 1. The van der Waals surface area contributed by atoms with E-state index in [9.17, 15) is 9.59 Å². The van der Waals surface area contributed by atoms with Gasteiger partial charge >= 0.3 is 0 Å². The Bertz CT molecular complexity index is 1000. The summed E-state index contributed by atoms with van der Waals surface area (Å²) in [5.41, 5.74) is 5.57. The molecule has 0 aliphatic carbocycles. The van der Waals surface area contributed by atoms with Gasteiger partial charge in [-0.1, -0.05) is 24.3 Å². The predicted octanol–water partition coefficient (Wildman–Crippen LogP) is 3.46. The average Bonchev–Trinajstić information content (AvgIpc) is 3.15. The first kappa shape index (κ1) is 15.4. The van der Waals surface area contributed by atoms with E-state index in [0.717, 1.165) is 33.3 Å². The zero-order chi connectivity index (χ0) is 17.6. The Balaban J connectivity index is 1.56. The third-order valence-corrected chi connectivity index (χ3v) is 4.68. The van der Waals surface area contributed by atoms with Gasteiger partial charge in [-0.05, 0) is 42.7 Å². The molecular weight excluding hydrogens is 314 g/mol. The van der Waals surface area contributed by atoms with Crippen molar-refractivity contribution in [1.82, 2.24) is 10.3 Å². The molecule has 4 rings (SSSR count). The number of amides is 2. The summed E-state index contributed by atoms with van der Waals surface area (Å²) in [6.07, 6.45) is 2.14. The van der Waals surface area contributed by atoms with Crippen LogP contribution in [0.25, 0.3) is 10.9 Å². The lowest BCUT2D eigenvalue weighted by atomic mass is 10.0. The average molecular weight is 333 g/mol. The van der Waals surface area contributed by atoms with Gasteiger partial charge in [0.05, 0.1) is 18.0 Å². The first-order valence-corrected chi connectivity index (χ1v) is 8.32. The number of rotatable bonds is 3. The van der Waals surface area contributed by atoms with Crippen LogP contribution < -0.4 is 10.6 Å². The number of carbonyl (C=O) groups excluding carboxylic acids is 2. The summed E-state index contributed by atoms with van der Waals surface area (Å²) < 4.78 is 0. The maximum atomic E-state index is 12.7. The Kier molecular flexibility index (Phi) is 3.57. The maximum absolute atomic E-state index is 12.7. The summed E-state index contributed by atoms with van der Waals surface area (Å²) in [5.74, 6) is -0.102. The number of aromatic nitrogens is 1. The standard InChI is InChI=1S/C20H19N3O2/c1-11-3-5-15-16(10-21-18(15)7-11)20(25)22-12(2)13-4-6-17-14(8-13)9-19(24)23-17/h3-8,10,12,21H,9H2,1-2H3,(H,22,25)(H,23,24). The third kappa shape index (κ3) is 2.78. The molecule has 126 valence electrons. The Labute approximate surface area is 145 Å². The zero-order valence-corrected chi connectivity index (χ0v) is 14.1. The van der Waals surface area contributed by atoms with Crippen LogP contribution in [0.1, 0.15) is 40.0 Å². The number of anilines is 1. The number of aryl methyl sites for hydroxylation is 1. The number of fused-ring (bicyclic) bond motifs is 2. The van der Waals surface area contributed by atoms with Gasteiger partial charge in [-0.25, -0.2) is 0 Å². The molecule has 1 aromatic heterocycles. The molecule has 5 nitrogen and oxygen atoms in total. The fourth-order valence-electron chi connectivity index (χ4n) is 3.30. The van der Waals surface area contributed by atoms with Gasteiger partial charge in [-0.15, -0.1) is 0 Å². The fraction of sp³-hybridized carbons (Fsp3) is 0.200. The van der Waals surface area contributed by atoms with Gasteiger partial charge < -0.3 is 15.6 Å². The van der Waals surface area contributed by atoms with Crippen molar-refractivity contribution in [3.05, 3.63) is 64.8 Å². The molecule has 0 saturated heterocycles. The Hall–Kier alpha value is -3.08. The van der Waals surface area contributed by atoms with E-state index in [4.69, 9.17) is 0 Å². The molecule has 2 aromatic carbocycles. The van der Waals surface area contributed by atoms with Gasteiger partial charge in [0.25, 0.3) is 5.91 Å². The molecule has 25 heavy (non-hydrogen) atoms. The van der Waals surface area contributed by atoms with Crippen molar-refractivity contribution in [2.75, 3.05) is 5.32 Å². The van der Waals surface area contributed by atoms with Crippen LogP contribution in [0, 0.1) is 6.92 Å². The van der Waals surface area contributed by atoms with Gasteiger partial charge in [0, 0.05) is 22.8 Å². The lowest BCUT2D eigenvalue weighted by Crippen LogP contribution is -2.26. The second-order valence-electron chi connectivity index (χ2n) is 6.59. The number of benzene rings is 2. The van der Waals surface area contributed by atoms with Crippen molar-refractivity contribution in [3.63, 3.8) is 0 Å². The monoisotopic (exact) mass is 333 g/mol. The lowest BCUT2D eigenvalue weighted by Gasteiger charge is -2.15. The fourth-order valence-corrected chi connectivity index (χ4v) is 3.30. The minimum absolute atomic E-state index is 0.0120. The number of aromatic amines is 1. The minimum atomic E-state index is -0.149. The van der Waals surface area contributed by atoms with Crippen molar-refractivity contribution in [2.24, 2.45) is 0 Å². The molecule has 0 bridgehead atoms. The van der Waals surface area contributed by atoms with E-state index in [1.54, 1.807) is 6.20 Å². The van der Waals surface area contributed by atoms with E-state index in [0.29, 0.717) is 12.0 Å². The first-order valence-electron chi connectivity index (χ1n) is 8.32. The quantitative estimate of drug-likeness (QED) is 0.687. The molecule has 0 fully saturated rings. The van der Waals surface area contributed by atoms with Gasteiger partial charge in [-0.2, -0.15) is 0 Å². The van der Waals surface area contributed by atoms with E-state index < -0.39 is 0 Å². The molecule has 5 heteroatoms. The van der Waals surface area contributed by atoms with Crippen LogP contribution in [0.15, 0.2) is 42.6 Å².